The van der Waals surface area contributed by atoms with Crippen LogP contribution in [0.2, 0.25) is 0 Å². The summed E-state index contributed by atoms with van der Waals surface area (Å²) in [5, 5.41) is 0. The van der Waals surface area contributed by atoms with Gasteiger partial charge in [0.15, 0.2) is 0 Å². The lowest BCUT2D eigenvalue weighted by Gasteiger charge is -1.92. The van der Waals surface area contributed by atoms with E-state index < -0.39 is 11.4 Å². The van der Waals surface area contributed by atoms with Gasteiger partial charge in [-0.3, -0.25) is 9.97 Å². The summed E-state index contributed by atoms with van der Waals surface area (Å²) in [6, 6.07) is -0.176. The van der Waals surface area contributed by atoms with Crippen LogP contribution >= 0.6 is 0 Å². The Balaban J connectivity index is 3.33. The van der Waals surface area contributed by atoms with Gasteiger partial charge in [-0.2, -0.15) is 0 Å². The fraction of sp³-hybridized carbons (Fsp3) is 0. The topological polar surface area (TPSA) is 87.8 Å². The van der Waals surface area contributed by atoms with E-state index in [-0.39, 0.29) is 6.01 Å². The molecule has 0 spiro atoms. The molecule has 0 bridgehead atoms. The van der Waals surface area contributed by atoms with Gasteiger partial charge in [-0.15, -0.1) is 4.98 Å². The van der Waals surface area contributed by atoms with Crippen molar-refractivity contribution in [2.45, 2.75) is 0 Å². The van der Waals surface area contributed by atoms with E-state index in [0.717, 1.165) is 0 Å². The lowest BCUT2D eigenvalue weighted by Crippen LogP contribution is -2.25. The van der Waals surface area contributed by atoms with Crippen LogP contribution in [-0.2, 0) is 0 Å². The van der Waals surface area contributed by atoms with Gasteiger partial charge < -0.3 is 4.43 Å². The zero-order valence-corrected chi connectivity index (χ0v) is 5.67. The van der Waals surface area contributed by atoms with Gasteiger partial charge >= 0.3 is 21.9 Å². The van der Waals surface area contributed by atoms with E-state index in [1.165, 1.54) is 0 Å². The molecule has 2 N–H and O–H groups in total. The minimum atomic E-state index is -0.753. The van der Waals surface area contributed by atoms with E-state index in [2.05, 4.69) is 24.9 Å². The highest BCUT2D eigenvalue weighted by Crippen LogP contribution is 1.85. The van der Waals surface area contributed by atoms with Gasteiger partial charge in [0.05, 0.1) is 0 Å². The molecule has 0 unspecified atom stereocenters. The highest BCUT2D eigenvalue weighted by atomic mass is 28.2. The summed E-state index contributed by atoms with van der Waals surface area (Å²) >= 11 is 0. The van der Waals surface area contributed by atoms with E-state index in [1.807, 2.05) is 4.98 Å². The predicted octanol–water partition coefficient (Wildman–Crippen LogP) is -2.08. The van der Waals surface area contributed by atoms with Crippen molar-refractivity contribution in [2.75, 3.05) is 0 Å². The Bertz CT molecular complexity index is 300. The maximum atomic E-state index is 10.4. The summed E-state index contributed by atoms with van der Waals surface area (Å²) < 4.78 is 4.29. The first-order valence-corrected chi connectivity index (χ1v) is 2.67. The molecule has 10 heavy (non-hydrogen) atoms. The normalized spacial score (nSPS) is 9.30. The number of aromatic amines is 2. The van der Waals surface area contributed by atoms with Crippen molar-refractivity contribution in [3.8, 4) is 6.01 Å². The fourth-order valence-electron chi connectivity index (χ4n) is 0.422. The average Bonchev–Trinajstić information content (AvgIpc) is 1.85. The Morgan fingerprint density at radius 1 is 1.40 bits per heavy atom. The molecule has 0 saturated carbocycles. The molecule has 0 fully saturated rings. The molecule has 0 aliphatic rings. The zero-order valence-electron chi connectivity index (χ0n) is 4.67. The fourth-order valence-corrected chi connectivity index (χ4v) is 0.519. The van der Waals surface area contributed by atoms with Gasteiger partial charge in [-0.1, -0.05) is 0 Å². The first-order valence-electron chi connectivity index (χ1n) is 2.26. The van der Waals surface area contributed by atoms with Gasteiger partial charge in [0, 0.05) is 0 Å². The van der Waals surface area contributed by atoms with Crippen LogP contribution in [0.5, 0.6) is 6.01 Å². The molecule has 1 aromatic rings. The van der Waals surface area contributed by atoms with Crippen LogP contribution in [0.3, 0.4) is 0 Å². The molecule has 7 heteroatoms. The molecule has 1 heterocycles. The van der Waals surface area contributed by atoms with Crippen molar-refractivity contribution in [3.63, 3.8) is 0 Å². The second-order valence-electron chi connectivity index (χ2n) is 1.40. The number of aromatic nitrogens is 3. The minimum Gasteiger partial charge on any atom is -0.515 e. The quantitative estimate of drug-likeness (QED) is 0.457. The molecular weight excluding hydrogens is 154 g/mol. The van der Waals surface area contributed by atoms with Crippen LogP contribution in [0.15, 0.2) is 9.59 Å². The lowest BCUT2D eigenvalue weighted by atomic mass is 11.0. The summed E-state index contributed by atoms with van der Waals surface area (Å²) in [6.45, 7) is 0. The van der Waals surface area contributed by atoms with Crippen LogP contribution in [-0.4, -0.2) is 25.4 Å². The van der Waals surface area contributed by atoms with Crippen molar-refractivity contribution in [2.24, 2.45) is 0 Å². The third-order valence-corrected chi connectivity index (χ3v) is 0.934. The van der Waals surface area contributed by atoms with Crippen molar-refractivity contribution >= 4 is 10.5 Å². The molecule has 1 rings (SSSR count). The SMILES string of the molecule is O=c1nc(O[Si])[nH]c(=O)[nH]1. The molecule has 6 nitrogen and oxygen atoms in total. The maximum absolute atomic E-state index is 10.4. The molecule has 0 saturated heterocycles. The monoisotopic (exact) mass is 156 g/mol. The molecule has 3 radical (unpaired) electrons. The predicted molar refractivity (Wildman–Crippen MR) is 31.9 cm³/mol. The number of nitrogens with one attached hydrogen (secondary N) is 2. The Kier molecular flexibility index (Phi) is 1.67. The molecule has 0 aliphatic heterocycles. The van der Waals surface area contributed by atoms with Crippen LogP contribution in [0.1, 0.15) is 0 Å². The van der Waals surface area contributed by atoms with Crippen LogP contribution in [0, 0.1) is 0 Å². The molecule has 0 aliphatic carbocycles. The number of rotatable bonds is 1. The Morgan fingerprint density at radius 2 is 2.10 bits per heavy atom. The summed E-state index contributed by atoms with van der Waals surface area (Å²) in [7, 11) is 2.59. The van der Waals surface area contributed by atoms with Gasteiger partial charge in [-0.25, -0.2) is 9.59 Å². The smallest absolute Gasteiger partial charge is 0.353 e. The zero-order chi connectivity index (χ0) is 7.56. The number of hydrogen-bond acceptors (Lipinski definition) is 4. The summed E-state index contributed by atoms with van der Waals surface area (Å²) in [6.07, 6.45) is 0. The number of nitrogens with zero attached hydrogens (tertiary/aromatic N) is 1. The van der Waals surface area contributed by atoms with Crippen molar-refractivity contribution in [1.29, 1.82) is 0 Å². The minimum absolute atomic E-state index is 0.176. The van der Waals surface area contributed by atoms with E-state index in [9.17, 15) is 9.59 Å². The van der Waals surface area contributed by atoms with Gasteiger partial charge in [0.25, 0.3) is 6.01 Å². The van der Waals surface area contributed by atoms with Gasteiger partial charge in [0.2, 0.25) is 0 Å². The highest BCUT2D eigenvalue weighted by molar-refractivity contribution is 5.99. The van der Waals surface area contributed by atoms with Gasteiger partial charge in [-0.05, 0) is 0 Å². The maximum Gasteiger partial charge on any atom is 0.353 e. The average molecular weight is 156 g/mol. The van der Waals surface area contributed by atoms with E-state index >= 15 is 0 Å². The Morgan fingerprint density at radius 3 is 2.60 bits per heavy atom. The molecule has 0 aromatic carbocycles. The second kappa shape index (κ2) is 2.48. The van der Waals surface area contributed by atoms with E-state index in [4.69, 9.17) is 0 Å². The van der Waals surface area contributed by atoms with Crippen molar-refractivity contribution in [3.05, 3.63) is 21.0 Å². The van der Waals surface area contributed by atoms with Crippen molar-refractivity contribution < 1.29 is 4.43 Å². The molecule has 0 amide bonds. The molecule has 1 aromatic heterocycles. The van der Waals surface area contributed by atoms with Crippen LogP contribution < -0.4 is 15.8 Å². The third-order valence-electron chi connectivity index (χ3n) is 0.741. The Hall–Kier alpha value is -1.37. The summed E-state index contributed by atoms with van der Waals surface area (Å²) in [5.74, 6) is 0. The first kappa shape index (κ1) is 6.74. The Labute approximate surface area is 57.8 Å². The lowest BCUT2D eigenvalue weighted by molar-refractivity contribution is 0.544. The number of hydrogen-bond donors (Lipinski definition) is 2. The molecular formula is C3H2N3O3Si. The van der Waals surface area contributed by atoms with Crippen LogP contribution in [0.25, 0.3) is 0 Å². The molecule has 51 valence electrons. The van der Waals surface area contributed by atoms with Gasteiger partial charge in [0.1, 0.15) is 0 Å². The largest absolute Gasteiger partial charge is 0.515 e. The second-order valence-corrected chi connectivity index (χ2v) is 1.61. The summed E-state index contributed by atoms with van der Waals surface area (Å²) in [5.41, 5.74) is -1.41. The van der Waals surface area contributed by atoms with E-state index in [1.54, 1.807) is 0 Å². The van der Waals surface area contributed by atoms with Crippen LogP contribution in [0.4, 0.5) is 0 Å². The van der Waals surface area contributed by atoms with Crippen molar-refractivity contribution in [1.82, 2.24) is 15.0 Å². The number of H-pyrrole nitrogens is 2. The third kappa shape index (κ3) is 1.32. The first-order chi connectivity index (χ1) is 4.72. The molecule has 0 atom stereocenters. The highest BCUT2D eigenvalue weighted by Gasteiger charge is 1.93. The van der Waals surface area contributed by atoms with E-state index in [0.29, 0.717) is 0 Å². The standard InChI is InChI=1S/C3H2N3O3Si/c7-1-4-2(8)6-3(5-1)9-10/h(H2,4,5,6,7,8). The summed E-state index contributed by atoms with van der Waals surface area (Å²) in [4.78, 5) is 28.0.